The molecule has 1 aliphatic rings. The second-order valence-corrected chi connectivity index (χ2v) is 7.09. The number of carbonyl (C=O) groups excluding carboxylic acids is 2. The first-order chi connectivity index (χ1) is 13.7. The number of primary amides is 1. The normalized spacial score (nSPS) is 14.7. The molecule has 1 aliphatic heterocycles. The first-order valence-electron chi connectivity index (χ1n) is 9.30. The molecule has 29 heavy (non-hydrogen) atoms. The zero-order valence-electron chi connectivity index (χ0n) is 16.2. The van der Waals surface area contributed by atoms with Gasteiger partial charge in [0.2, 0.25) is 0 Å². The van der Waals surface area contributed by atoms with Crippen molar-refractivity contribution < 1.29 is 23.1 Å². The molecule has 0 saturated carbocycles. The number of carbonyl (C=O) groups is 2. The molecular formula is C20H22F2N4O3. The predicted octanol–water partition coefficient (Wildman–Crippen LogP) is 2.55. The maximum atomic E-state index is 14.0. The number of nitrogens with zero attached hydrogens (tertiary/aromatic N) is 3. The van der Waals surface area contributed by atoms with Crippen LogP contribution in [0.1, 0.15) is 41.8 Å². The summed E-state index contributed by atoms with van der Waals surface area (Å²) in [5.41, 5.74) is 6.02. The van der Waals surface area contributed by atoms with Gasteiger partial charge in [-0.1, -0.05) is 0 Å². The summed E-state index contributed by atoms with van der Waals surface area (Å²) in [5, 5.41) is 0. The van der Waals surface area contributed by atoms with Gasteiger partial charge in [-0.05, 0) is 37.8 Å². The first-order valence-corrected chi connectivity index (χ1v) is 9.30. The van der Waals surface area contributed by atoms with Gasteiger partial charge in [-0.15, -0.1) is 0 Å². The Labute approximate surface area is 166 Å². The molecule has 2 aromatic rings. The lowest BCUT2D eigenvalue weighted by atomic mass is 9.92. The molecule has 0 aliphatic carbocycles. The Kier molecular flexibility index (Phi) is 6.05. The number of aromatic nitrogens is 2. The SMILES string of the molecule is CC(=O)Oc1c(C)nc(CC2CCN(c3ccc(F)cc3F)CC2)nc1C(N)=O. The van der Waals surface area contributed by atoms with Gasteiger partial charge >= 0.3 is 5.97 Å². The third-order valence-electron chi connectivity index (χ3n) is 4.90. The number of piperidine rings is 1. The lowest BCUT2D eigenvalue weighted by Gasteiger charge is -2.33. The van der Waals surface area contributed by atoms with Crippen LogP contribution in [0.5, 0.6) is 5.75 Å². The number of hydrogen-bond donors (Lipinski definition) is 1. The number of benzene rings is 1. The molecule has 0 spiro atoms. The lowest BCUT2D eigenvalue weighted by Crippen LogP contribution is -2.35. The molecule has 0 unspecified atom stereocenters. The Morgan fingerprint density at radius 3 is 2.52 bits per heavy atom. The molecule has 1 saturated heterocycles. The number of ether oxygens (including phenoxy) is 1. The fourth-order valence-corrected chi connectivity index (χ4v) is 3.52. The number of anilines is 1. The van der Waals surface area contributed by atoms with Crippen molar-refractivity contribution in [3.63, 3.8) is 0 Å². The Morgan fingerprint density at radius 2 is 1.93 bits per heavy atom. The van der Waals surface area contributed by atoms with Crippen molar-refractivity contribution in [2.24, 2.45) is 11.7 Å². The van der Waals surface area contributed by atoms with Crippen LogP contribution in [0.3, 0.4) is 0 Å². The van der Waals surface area contributed by atoms with E-state index in [9.17, 15) is 18.4 Å². The van der Waals surface area contributed by atoms with Gasteiger partial charge in [0.25, 0.3) is 5.91 Å². The van der Waals surface area contributed by atoms with Crippen LogP contribution in [0, 0.1) is 24.5 Å². The standard InChI is InChI=1S/C20H22F2N4O3/c1-11-19(29-12(2)27)18(20(23)28)25-17(24-11)9-13-5-7-26(8-6-13)16-4-3-14(21)10-15(16)22/h3-4,10,13H,5-9H2,1-2H3,(H2,23,28). The van der Waals surface area contributed by atoms with Gasteiger partial charge in [0, 0.05) is 32.5 Å². The molecule has 9 heteroatoms. The maximum absolute atomic E-state index is 14.0. The van der Waals surface area contributed by atoms with Gasteiger partial charge in [-0.25, -0.2) is 18.7 Å². The highest BCUT2D eigenvalue weighted by molar-refractivity contribution is 5.94. The second kappa shape index (κ2) is 8.50. The van der Waals surface area contributed by atoms with Gasteiger partial charge in [-0.2, -0.15) is 0 Å². The van der Waals surface area contributed by atoms with Crippen molar-refractivity contribution in [1.82, 2.24) is 9.97 Å². The number of rotatable bonds is 5. The van der Waals surface area contributed by atoms with Crippen LogP contribution in [0.15, 0.2) is 18.2 Å². The Hall–Kier alpha value is -3.10. The molecule has 0 radical (unpaired) electrons. The molecule has 0 bridgehead atoms. The first kappa shape index (κ1) is 20.6. The minimum atomic E-state index is -0.797. The minimum Gasteiger partial charge on any atom is -0.422 e. The number of amides is 1. The van der Waals surface area contributed by atoms with Crippen molar-refractivity contribution in [3.05, 3.63) is 47.0 Å². The Morgan fingerprint density at radius 1 is 1.24 bits per heavy atom. The Balaban J connectivity index is 1.70. The molecule has 1 aromatic carbocycles. The van der Waals surface area contributed by atoms with Crippen LogP contribution in [-0.2, 0) is 11.2 Å². The molecule has 7 nitrogen and oxygen atoms in total. The zero-order chi connectivity index (χ0) is 21.1. The van der Waals surface area contributed by atoms with E-state index in [4.69, 9.17) is 10.5 Å². The Bertz CT molecular complexity index is 944. The number of aryl methyl sites for hydroxylation is 1. The van der Waals surface area contributed by atoms with Gasteiger partial charge in [0.15, 0.2) is 11.4 Å². The van der Waals surface area contributed by atoms with Gasteiger partial charge in [0.1, 0.15) is 17.5 Å². The van der Waals surface area contributed by atoms with E-state index >= 15 is 0 Å². The maximum Gasteiger partial charge on any atom is 0.308 e. The molecule has 3 rings (SSSR count). The van der Waals surface area contributed by atoms with Crippen LogP contribution in [0.25, 0.3) is 0 Å². The zero-order valence-corrected chi connectivity index (χ0v) is 16.2. The molecular weight excluding hydrogens is 382 g/mol. The van der Waals surface area contributed by atoms with E-state index in [1.54, 1.807) is 6.92 Å². The van der Waals surface area contributed by atoms with E-state index in [1.807, 2.05) is 4.90 Å². The summed E-state index contributed by atoms with van der Waals surface area (Å²) in [5.74, 6) is -1.91. The number of halogens is 2. The average Bonchev–Trinajstić information content (AvgIpc) is 2.64. The van der Waals surface area contributed by atoms with Crippen molar-refractivity contribution >= 4 is 17.6 Å². The number of esters is 1. The van der Waals surface area contributed by atoms with Crippen molar-refractivity contribution in [2.45, 2.75) is 33.1 Å². The smallest absolute Gasteiger partial charge is 0.308 e. The highest BCUT2D eigenvalue weighted by atomic mass is 19.1. The summed E-state index contributed by atoms with van der Waals surface area (Å²) in [6.07, 6.45) is 2.04. The molecule has 0 atom stereocenters. The van der Waals surface area contributed by atoms with Crippen LogP contribution < -0.4 is 15.4 Å². The molecule has 2 N–H and O–H groups in total. The van der Waals surface area contributed by atoms with Crippen molar-refractivity contribution in [3.8, 4) is 5.75 Å². The molecule has 1 amide bonds. The van der Waals surface area contributed by atoms with Gasteiger partial charge in [-0.3, -0.25) is 9.59 Å². The van der Waals surface area contributed by atoms with Gasteiger partial charge < -0.3 is 15.4 Å². The summed E-state index contributed by atoms with van der Waals surface area (Å²) < 4.78 is 32.1. The summed E-state index contributed by atoms with van der Waals surface area (Å²) in [6, 6.07) is 3.58. The summed E-state index contributed by atoms with van der Waals surface area (Å²) in [6.45, 7) is 4.06. The number of hydrogen-bond acceptors (Lipinski definition) is 6. The summed E-state index contributed by atoms with van der Waals surface area (Å²) in [7, 11) is 0. The quantitative estimate of drug-likeness (QED) is 0.769. The summed E-state index contributed by atoms with van der Waals surface area (Å²) >= 11 is 0. The van der Waals surface area contributed by atoms with Crippen molar-refractivity contribution in [2.75, 3.05) is 18.0 Å². The van der Waals surface area contributed by atoms with E-state index in [2.05, 4.69) is 9.97 Å². The van der Waals surface area contributed by atoms with E-state index in [0.717, 1.165) is 18.9 Å². The van der Waals surface area contributed by atoms with E-state index in [1.165, 1.54) is 19.1 Å². The van der Waals surface area contributed by atoms with Crippen LogP contribution in [-0.4, -0.2) is 34.9 Å². The fourth-order valence-electron chi connectivity index (χ4n) is 3.52. The third kappa shape index (κ3) is 4.85. The predicted molar refractivity (Wildman–Crippen MR) is 102 cm³/mol. The highest BCUT2D eigenvalue weighted by Crippen LogP contribution is 2.28. The van der Waals surface area contributed by atoms with E-state index < -0.39 is 23.5 Å². The largest absolute Gasteiger partial charge is 0.422 e. The van der Waals surface area contributed by atoms with Crippen LogP contribution >= 0.6 is 0 Å². The fraction of sp³-hybridized carbons (Fsp3) is 0.400. The molecule has 1 aromatic heterocycles. The molecule has 1 fully saturated rings. The minimum absolute atomic E-state index is 0.0182. The van der Waals surface area contributed by atoms with Crippen LogP contribution in [0.2, 0.25) is 0 Å². The highest BCUT2D eigenvalue weighted by Gasteiger charge is 2.25. The van der Waals surface area contributed by atoms with E-state index in [0.29, 0.717) is 36.7 Å². The molecule has 2 heterocycles. The third-order valence-corrected chi connectivity index (χ3v) is 4.90. The average molecular weight is 404 g/mol. The summed E-state index contributed by atoms with van der Waals surface area (Å²) in [4.78, 5) is 33.4. The number of nitrogens with two attached hydrogens (primary N) is 1. The van der Waals surface area contributed by atoms with E-state index in [-0.39, 0.29) is 17.4 Å². The van der Waals surface area contributed by atoms with Gasteiger partial charge in [0.05, 0.1) is 11.4 Å². The van der Waals surface area contributed by atoms with Crippen molar-refractivity contribution in [1.29, 1.82) is 0 Å². The lowest BCUT2D eigenvalue weighted by molar-refractivity contribution is -0.132. The topological polar surface area (TPSA) is 98.4 Å². The monoisotopic (exact) mass is 404 g/mol. The van der Waals surface area contributed by atoms with Crippen LogP contribution in [0.4, 0.5) is 14.5 Å². The second-order valence-electron chi connectivity index (χ2n) is 7.09. The molecule has 154 valence electrons.